The van der Waals surface area contributed by atoms with E-state index in [0.717, 1.165) is 11.3 Å². The molecule has 2 saturated heterocycles. The van der Waals surface area contributed by atoms with Crippen molar-refractivity contribution in [2.45, 2.75) is 37.1 Å². The summed E-state index contributed by atoms with van der Waals surface area (Å²) in [6.07, 6.45) is 8.03. The number of fused-ring (bicyclic) bond motifs is 2. The maximum atomic E-state index is 14.2. The minimum absolute atomic E-state index is 0.00572. The highest BCUT2D eigenvalue weighted by molar-refractivity contribution is 6.03. The van der Waals surface area contributed by atoms with Gasteiger partial charge in [0.25, 0.3) is 0 Å². The van der Waals surface area contributed by atoms with Crippen molar-refractivity contribution in [2.24, 2.45) is 11.8 Å². The molecule has 4 heterocycles. The first-order valence-corrected chi connectivity index (χ1v) is 13.7. The molecule has 202 valence electrons. The van der Waals surface area contributed by atoms with Crippen LogP contribution in [0.25, 0.3) is 0 Å². The van der Waals surface area contributed by atoms with E-state index in [1.54, 1.807) is 14.7 Å². The molecule has 0 bridgehead atoms. The fourth-order valence-corrected chi connectivity index (χ4v) is 6.60. The number of aliphatic hydroxyl groups excluding tert-OH is 1. The summed E-state index contributed by atoms with van der Waals surface area (Å²) in [5.41, 5.74) is 0.516. The molecule has 1 N–H and O–H groups in total. The predicted octanol–water partition coefficient (Wildman–Crippen LogP) is 2.54. The van der Waals surface area contributed by atoms with Crippen LogP contribution in [0.2, 0.25) is 0 Å². The van der Waals surface area contributed by atoms with Crippen molar-refractivity contribution < 1.29 is 24.2 Å². The van der Waals surface area contributed by atoms with Crippen molar-refractivity contribution >= 4 is 23.4 Å². The Bertz CT molecular complexity index is 1300. The Kier molecular flexibility index (Phi) is 6.83. The van der Waals surface area contributed by atoms with Crippen LogP contribution < -0.4 is 4.90 Å². The zero-order valence-electron chi connectivity index (χ0n) is 21.8. The second-order valence-electron chi connectivity index (χ2n) is 10.6. The molecule has 0 saturated carbocycles. The van der Waals surface area contributed by atoms with E-state index < -0.39 is 29.6 Å². The standard InChI is InChI=1S/C31H33N3O5/c35-20-8-7-18-34-27-30(38)32(21-22-11-3-1-4-12-22)17-10-16-31(27)26(29(34)37)25-24(39-31)15-9-19-33(28(25)36)23-13-5-2-6-14-23/h1-6,9-16,24-27,35H,7-8,17-21H2/t24-,25+,26-,27?,31-/m0/s1. The number of nitrogens with zero attached hydrogens (tertiary/aromatic N) is 3. The monoisotopic (exact) mass is 527 g/mol. The number of aliphatic hydroxyl groups is 1. The maximum Gasteiger partial charge on any atom is 0.249 e. The van der Waals surface area contributed by atoms with Gasteiger partial charge in [0.1, 0.15) is 11.6 Å². The highest BCUT2D eigenvalue weighted by atomic mass is 16.5. The average Bonchev–Trinajstić information content (AvgIpc) is 3.27. The fraction of sp³-hybridized carbons (Fsp3) is 0.387. The van der Waals surface area contributed by atoms with Gasteiger partial charge in [-0.3, -0.25) is 14.4 Å². The van der Waals surface area contributed by atoms with Gasteiger partial charge in [-0.25, -0.2) is 0 Å². The number of benzene rings is 2. The number of carbonyl (C=O) groups excluding carboxylic acids is 3. The largest absolute Gasteiger partial charge is 0.396 e. The van der Waals surface area contributed by atoms with E-state index in [4.69, 9.17) is 4.74 Å². The minimum atomic E-state index is -1.24. The molecule has 2 aromatic rings. The zero-order valence-corrected chi connectivity index (χ0v) is 21.8. The van der Waals surface area contributed by atoms with E-state index in [2.05, 4.69) is 0 Å². The van der Waals surface area contributed by atoms with E-state index in [1.165, 1.54) is 0 Å². The lowest BCUT2D eigenvalue weighted by Gasteiger charge is -2.35. The Morgan fingerprint density at radius 3 is 2.36 bits per heavy atom. The molecule has 0 aliphatic carbocycles. The Morgan fingerprint density at radius 1 is 0.872 bits per heavy atom. The van der Waals surface area contributed by atoms with Crippen molar-refractivity contribution in [2.75, 3.05) is 31.1 Å². The number of carbonyl (C=O) groups is 3. The van der Waals surface area contributed by atoms with Crippen molar-refractivity contribution in [1.29, 1.82) is 0 Å². The van der Waals surface area contributed by atoms with Gasteiger partial charge in [-0.15, -0.1) is 0 Å². The quantitative estimate of drug-likeness (QED) is 0.442. The molecule has 2 aromatic carbocycles. The summed E-state index contributed by atoms with van der Waals surface area (Å²) in [6, 6.07) is 18.3. The van der Waals surface area contributed by atoms with Crippen LogP contribution in [0.3, 0.4) is 0 Å². The molecule has 4 aliphatic heterocycles. The first kappa shape index (κ1) is 25.5. The fourth-order valence-electron chi connectivity index (χ4n) is 6.60. The third-order valence-corrected chi connectivity index (χ3v) is 8.33. The number of para-hydroxylation sites is 1. The van der Waals surface area contributed by atoms with Gasteiger partial charge < -0.3 is 24.5 Å². The molecule has 0 radical (unpaired) electrons. The number of unbranched alkanes of at least 4 members (excludes halogenated alkanes) is 1. The molecule has 0 aromatic heterocycles. The minimum Gasteiger partial charge on any atom is -0.396 e. The van der Waals surface area contributed by atoms with Gasteiger partial charge in [-0.2, -0.15) is 0 Å². The highest BCUT2D eigenvalue weighted by Gasteiger charge is 2.71. The third-order valence-electron chi connectivity index (χ3n) is 8.33. The lowest BCUT2D eigenvalue weighted by Crippen LogP contribution is -2.55. The first-order valence-electron chi connectivity index (χ1n) is 13.7. The molecule has 4 aliphatic rings. The maximum absolute atomic E-state index is 14.2. The zero-order chi connectivity index (χ0) is 27.0. The lowest BCUT2D eigenvalue weighted by atomic mass is 9.77. The molecular weight excluding hydrogens is 494 g/mol. The normalized spacial score (nSPS) is 29.8. The van der Waals surface area contributed by atoms with Crippen molar-refractivity contribution in [3.63, 3.8) is 0 Å². The van der Waals surface area contributed by atoms with Gasteiger partial charge in [0, 0.05) is 38.5 Å². The molecule has 1 unspecified atom stereocenters. The number of rotatable bonds is 7. The highest BCUT2D eigenvalue weighted by Crippen LogP contribution is 2.53. The van der Waals surface area contributed by atoms with Crippen LogP contribution in [0, 0.1) is 11.8 Å². The van der Waals surface area contributed by atoms with Gasteiger partial charge in [-0.05, 0) is 30.5 Å². The third kappa shape index (κ3) is 4.28. The second kappa shape index (κ2) is 10.4. The van der Waals surface area contributed by atoms with Crippen LogP contribution in [0.1, 0.15) is 18.4 Å². The molecule has 2 fully saturated rings. The number of amides is 3. The Hall–Kier alpha value is -3.75. The Morgan fingerprint density at radius 2 is 1.62 bits per heavy atom. The van der Waals surface area contributed by atoms with Crippen LogP contribution in [0.5, 0.6) is 0 Å². The topological polar surface area (TPSA) is 90.4 Å². The van der Waals surface area contributed by atoms with Crippen molar-refractivity contribution in [3.8, 4) is 0 Å². The van der Waals surface area contributed by atoms with Crippen LogP contribution in [-0.4, -0.2) is 76.6 Å². The van der Waals surface area contributed by atoms with Gasteiger partial charge >= 0.3 is 0 Å². The van der Waals surface area contributed by atoms with Gasteiger partial charge in [0.05, 0.1) is 17.9 Å². The Labute approximate surface area is 228 Å². The lowest BCUT2D eigenvalue weighted by molar-refractivity contribution is -0.147. The summed E-state index contributed by atoms with van der Waals surface area (Å²) in [5, 5.41) is 9.39. The molecule has 5 atom stereocenters. The van der Waals surface area contributed by atoms with E-state index in [-0.39, 0.29) is 24.3 Å². The molecule has 1 spiro atoms. The summed E-state index contributed by atoms with van der Waals surface area (Å²) in [7, 11) is 0. The summed E-state index contributed by atoms with van der Waals surface area (Å²) >= 11 is 0. The number of ether oxygens (including phenoxy) is 1. The number of hydrogen-bond donors (Lipinski definition) is 1. The van der Waals surface area contributed by atoms with Gasteiger partial charge in [0.2, 0.25) is 17.7 Å². The summed E-state index contributed by atoms with van der Waals surface area (Å²) in [4.78, 5) is 47.6. The van der Waals surface area contributed by atoms with Crippen LogP contribution >= 0.6 is 0 Å². The van der Waals surface area contributed by atoms with Crippen molar-refractivity contribution in [3.05, 3.63) is 90.5 Å². The molecule has 39 heavy (non-hydrogen) atoms. The summed E-state index contributed by atoms with van der Waals surface area (Å²) < 4.78 is 6.69. The van der Waals surface area contributed by atoms with Gasteiger partial charge in [0.15, 0.2) is 0 Å². The molecule has 8 nitrogen and oxygen atoms in total. The number of likely N-dealkylation sites (tertiary alicyclic amines) is 1. The molecule has 3 amide bonds. The summed E-state index contributed by atoms with van der Waals surface area (Å²) in [6.45, 7) is 1.50. The Balaban J connectivity index is 1.39. The predicted molar refractivity (Wildman–Crippen MR) is 145 cm³/mol. The van der Waals surface area contributed by atoms with E-state index in [0.29, 0.717) is 39.0 Å². The smallest absolute Gasteiger partial charge is 0.249 e. The second-order valence-corrected chi connectivity index (χ2v) is 10.6. The first-order chi connectivity index (χ1) is 19.0. The molecule has 8 heteroatoms. The van der Waals surface area contributed by atoms with E-state index >= 15 is 0 Å². The van der Waals surface area contributed by atoms with E-state index in [9.17, 15) is 19.5 Å². The van der Waals surface area contributed by atoms with Crippen LogP contribution in [-0.2, 0) is 25.7 Å². The number of hydrogen-bond acceptors (Lipinski definition) is 5. The SMILES string of the molecule is O=C1C2N(CCCCO)C(=O)[C@@H]3[C@@H]4C(=O)N(c5ccccc5)CC=C[C@@H]4O[C@]23C=CCN1Cc1ccccc1. The summed E-state index contributed by atoms with van der Waals surface area (Å²) in [5.74, 6) is -2.16. The van der Waals surface area contributed by atoms with Crippen molar-refractivity contribution in [1.82, 2.24) is 9.80 Å². The molecule has 6 rings (SSSR count). The van der Waals surface area contributed by atoms with Crippen LogP contribution in [0.4, 0.5) is 5.69 Å². The van der Waals surface area contributed by atoms with E-state index in [1.807, 2.05) is 85.0 Å². The van der Waals surface area contributed by atoms with Gasteiger partial charge in [-0.1, -0.05) is 72.8 Å². The van der Waals surface area contributed by atoms with Crippen LogP contribution in [0.15, 0.2) is 85.0 Å². The average molecular weight is 528 g/mol. The number of anilines is 1. The molecular formula is C31H33N3O5.